The van der Waals surface area contributed by atoms with Crippen molar-refractivity contribution in [2.45, 2.75) is 25.2 Å². The zero-order valence-corrected chi connectivity index (χ0v) is 15.0. The molecule has 1 atom stereocenters. The summed E-state index contributed by atoms with van der Waals surface area (Å²) in [5.74, 6) is 0.769. The van der Waals surface area contributed by atoms with Gasteiger partial charge in [-0.15, -0.1) is 0 Å². The number of hydrogen-bond donors (Lipinski definition) is 1. The van der Waals surface area contributed by atoms with Crippen LogP contribution < -0.4 is 10.1 Å². The maximum Gasteiger partial charge on any atom is 0.237 e. The van der Waals surface area contributed by atoms with Gasteiger partial charge in [-0.25, -0.2) is 0 Å². The average Bonchev–Trinajstić information content (AvgIpc) is 3.20. The van der Waals surface area contributed by atoms with E-state index in [4.69, 9.17) is 4.74 Å². The predicted molar refractivity (Wildman–Crippen MR) is 99.4 cm³/mol. The summed E-state index contributed by atoms with van der Waals surface area (Å²) >= 11 is 0. The second-order valence-corrected chi connectivity index (χ2v) is 7.18. The fourth-order valence-corrected chi connectivity index (χ4v) is 3.94. The summed E-state index contributed by atoms with van der Waals surface area (Å²) in [7, 11) is 1.62. The monoisotopic (exact) mass is 350 g/mol. The van der Waals surface area contributed by atoms with Crippen LogP contribution in [0.3, 0.4) is 0 Å². The van der Waals surface area contributed by atoms with E-state index in [0.29, 0.717) is 25.9 Å². The Bertz CT molecular complexity index is 875. The number of hydrogen-bond acceptors (Lipinski definition) is 3. The number of fused-ring (bicyclic) bond motifs is 2. The summed E-state index contributed by atoms with van der Waals surface area (Å²) in [6.45, 7) is 3.04. The highest BCUT2D eigenvalue weighted by atomic mass is 16.5. The van der Waals surface area contributed by atoms with E-state index >= 15 is 0 Å². The van der Waals surface area contributed by atoms with Crippen LogP contribution in [-0.2, 0) is 21.4 Å². The van der Waals surface area contributed by atoms with E-state index in [1.165, 1.54) is 5.56 Å². The Labute approximate surface area is 153 Å². The minimum atomic E-state index is -0.660. The van der Waals surface area contributed by atoms with Gasteiger partial charge >= 0.3 is 0 Å². The molecule has 4 rings (SSSR count). The average molecular weight is 350 g/mol. The summed E-state index contributed by atoms with van der Waals surface area (Å²) in [5, 5.41) is 2.96. The van der Waals surface area contributed by atoms with Crippen LogP contribution >= 0.6 is 0 Å². The van der Waals surface area contributed by atoms with Crippen LogP contribution in [0, 0.1) is 6.92 Å². The Hall–Kier alpha value is -2.82. The molecule has 5 nitrogen and oxygen atoms in total. The van der Waals surface area contributed by atoms with Crippen molar-refractivity contribution in [2.75, 3.05) is 25.5 Å². The lowest BCUT2D eigenvalue weighted by Gasteiger charge is -2.23. The highest BCUT2D eigenvalue weighted by molar-refractivity contribution is 6.07. The number of benzene rings is 2. The van der Waals surface area contributed by atoms with Crippen LogP contribution in [0.5, 0.6) is 5.75 Å². The smallest absolute Gasteiger partial charge is 0.237 e. The first-order chi connectivity index (χ1) is 12.5. The lowest BCUT2D eigenvalue weighted by atomic mass is 9.81. The molecule has 0 radical (unpaired) electrons. The van der Waals surface area contributed by atoms with E-state index in [-0.39, 0.29) is 11.8 Å². The molecule has 1 spiro atoms. The van der Waals surface area contributed by atoms with Gasteiger partial charge in [0, 0.05) is 18.8 Å². The number of ether oxygens (including phenoxy) is 1. The summed E-state index contributed by atoms with van der Waals surface area (Å²) in [6, 6.07) is 13.6. The van der Waals surface area contributed by atoms with E-state index in [9.17, 15) is 9.59 Å². The second kappa shape index (κ2) is 6.16. The van der Waals surface area contributed by atoms with Crippen molar-refractivity contribution < 1.29 is 14.3 Å². The van der Waals surface area contributed by atoms with Crippen molar-refractivity contribution >= 4 is 17.5 Å². The number of rotatable bonds is 3. The van der Waals surface area contributed by atoms with E-state index in [1.807, 2.05) is 54.3 Å². The lowest BCUT2D eigenvalue weighted by molar-refractivity contribution is -0.129. The Kier molecular flexibility index (Phi) is 3.94. The topological polar surface area (TPSA) is 58.6 Å². The molecule has 2 amide bonds. The number of amides is 2. The molecule has 2 aliphatic rings. The molecule has 0 aliphatic carbocycles. The first-order valence-corrected chi connectivity index (χ1v) is 8.85. The van der Waals surface area contributed by atoms with Crippen LogP contribution in [-0.4, -0.2) is 36.9 Å². The minimum Gasteiger partial charge on any atom is -0.497 e. The molecule has 2 aliphatic heterocycles. The van der Waals surface area contributed by atoms with Crippen molar-refractivity contribution in [1.82, 2.24) is 4.90 Å². The van der Waals surface area contributed by atoms with Gasteiger partial charge in [-0.3, -0.25) is 9.59 Å². The van der Waals surface area contributed by atoms with Crippen LogP contribution in [0.1, 0.15) is 23.1 Å². The molecule has 1 saturated heterocycles. The molecule has 1 N–H and O–H groups in total. The molecular formula is C21H22N2O3. The predicted octanol–water partition coefficient (Wildman–Crippen LogP) is 2.67. The van der Waals surface area contributed by atoms with Gasteiger partial charge in [0.05, 0.1) is 18.9 Å². The minimum absolute atomic E-state index is 0.0219. The number of aryl methyl sites for hydroxylation is 1. The summed E-state index contributed by atoms with van der Waals surface area (Å²) in [5.41, 5.74) is 3.28. The van der Waals surface area contributed by atoms with Gasteiger partial charge in [-0.2, -0.15) is 0 Å². The Morgan fingerprint density at radius 3 is 2.73 bits per heavy atom. The van der Waals surface area contributed by atoms with Crippen molar-refractivity contribution in [2.24, 2.45) is 0 Å². The van der Waals surface area contributed by atoms with Crippen molar-refractivity contribution in [3.63, 3.8) is 0 Å². The van der Waals surface area contributed by atoms with E-state index < -0.39 is 5.41 Å². The third-order valence-electron chi connectivity index (χ3n) is 5.52. The molecule has 2 aromatic carbocycles. The third-order valence-corrected chi connectivity index (χ3v) is 5.52. The lowest BCUT2D eigenvalue weighted by Crippen LogP contribution is -2.39. The SMILES string of the molecule is COc1ccc2c(c1)[C@]1(CCN(C(=O)Cc3ccc(C)cc3)C1)C(=O)N2. The van der Waals surface area contributed by atoms with Gasteiger partial charge in [0.15, 0.2) is 0 Å². The van der Waals surface area contributed by atoms with Gasteiger partial charge < -0.3 is 15.0 Å². The Balaban J connectivity index is 1.55. The third kappa shape index (κ3) is 2.64. The highest BCUT2D eigenvalue weighted by Gasteiger charge is 2.52. The maximum atomic E-state index is 12.8. The number of carbonyl (C=O) groups is 2. The normalized spacial score (nSPS) is 21.0. The number of anilines is 1. The largest absolute Gasteiger partial charge is 0.497 e. The number of likely N-dealkylation sites (tertiary alicyclic amines) is 1. The van der Waals surface area contributed by atoms with Gasteiger partial charge in [0.25, 0.3) is 0 Å². The highest BCUT2D eigenvalue weighted by Crippen LogP contribution is 2.45. The van der Waals surface area contributed by atoms with Crippen LogP contribution in [0.25, 0.3) is 0 Å². The second-order valence-electron chi connectivity index (χ2n) is 7.18. The van der Waals surface area contributed by atoms with Crippen molar-refractivity contribution in [3.8, 4) is 5.75 Å². The number of methoxy groups -OCH3 is 1. The zero-order chi connectivity index (χ0) is 18.3. The molecule has 1 fully saturated rings. The van der Waals surface area contributed by atoms with Crippen LogP contribution in [0.15, 0.2) is 42.5 Å². The summed E-state index contributed by atoms with van der Waals surface area (Å²) in [6.07, 6.45) is 1.00. The van der Waals surface area contributed by atoms with E-state index in [2.05, 4.69) is 5.32 Å². The summed E-state index contributed by atoms with van der Waals surface area (Å²) < 4.78 is 5.32. The molecule has 134 valence electrons. The van der Waals surface area contributed by atoms with E-state index in [1.54, 1.807) is 7.11 Å². The van der Waals surface area contributed by atoms with Gasteiger partial charge in [0.1, 0.15) is 5.75 Å². The fourth-order valence-electron chi connectivity index (χ4n) is 3.94. The first kappa shape index (κ1) is 16.6. The zero-order valence-electron chi connectivity index (χ0n) is 15.0. The molecule has 5 heteroatoms. The number of carbonyl (C=O) groups excluding carboxylic acids is 2. The molecule has 0 bridgehead atoms. The van der Waals surface area contributed by atoms with Gasteiger partial charge in [-0.05, 0) is 42.7 Å². The Morgan fingerprint density at radius 2 is 2.00 bits per heavy atom. The molecule has 0 unspecified atom stereocenters. The molecule has 26 heavy (non-hydrogen) atoms. The quantitative estimate of drug-likeness (QED) is 0.926. The van der Waals surface area contributed by atoms with Crippen LogP contribution in [0.2, 0.25) is 0 Å². The number of nitrogens with zero attached hydrogens (tertiary/aromatic N) is 1. The fraction of sp³-hybridized carbons (Fsp3) is 0.333. The molecular weight excluding hydrogens is 328 g/mol. The molecule has 0 saturated carbocycles. The Morgan fingerprint density at radius 1 is 1.23 bits per heavy atom. The number of nitrogens with one attached hydrogen (secondary N) is 1. The van der Waals surface area contributed by atoms with Gasteiger partial charge in [-0.1, -0.05) is 29.8 Å². The molecule has 2 heterocycles. The van der Waals surface area contributed by atoms with Crippen molar-refractivity contribution in [1.29, 1.82) is 0 Å². The molecule has 0 aromatic heterocycles. The standard InChI is InChI=1S/C21H22N2O3/c1-14-3-5-15(6-4-14)11-19(24)23-10-9-21(13-23)17-12-16(26-2)7-8-18(17)22-20(21)25/h3-8,12H,9-11,13H2,1-2H3,(H,22,25)/t21-/m1/s1. The van der Waals surface area contributed by atoms with E-state index in [0.717, 1.165) is 22.6 Å². The summed E-state index contributed by atoms with van der Waals surface area (Å²) in [4.78, 5) is 27.3. The maximum absolute atomic E-state index is 12.8. The molecule has 2 aromatic rings. The van der Waals surface area contributed by atoms with Crippen LogP contribution in [0.4, 0.5) is 5.69 Å². The van der Waals surface area contributed by atoms with Gasteiger partial charge in [0.2, 0.25) is 11.8 Å². The van der Waals surface area contributed by atoms with Crippen molar-refractivity contribution in [3.05, 3.63) is 59.2 Å². The first-order valence-electron chi connectivity index (χ1n) is 8.85.